The summed E-state index contributed by atoms with van der Waals surface area (Å²) < 4.78 is 28.1. The SMILES string of the molecule is COC(=O)c1cc(NC(=O)C2CCCNC2)cc(S(C)(=O)=O)c1. The van der Waals surface area contributed by atoms with Crippen molar-refractivity contribution in [3.8, 4) is 0 Å². The molecule has 1 fully saturated rings. The number of rotatable bonds is 4. The van der Waals surface area contributed by atoms with Gasteiger partial charge in [-0.05, 0) is 37.6 Å². The Morgan fingerprint density at radius 2 is 2.04 bits per heavy atom. The van der Waals surface area contributed by atoms with Crippen molar-refractivity contribution in [2.75, 3.05) is 31.8 Å². The van der Waals surface area contributed by atoms with Gasteiger partial charge in [0.2, 0.25) is 5.91 Å². The first-order valence-corrected chi connectivity index (χ1v) is 9.15. The van der Waals surface area contributed by atoms with Crippen molar-refractivity contribution in [1.82, 2.24) is 5.32 Å². The van der Waals surface area contributed by atoms with Crippen LogP contribution in [-0.2, 0) is 19.4 Å². The summed E-state index contributed by atoms with van der Waals surface area (Å²) in [4.78, 5) is 23.9. The molecule has 1 unspecified atom stereocenters. The Labute approximate surface area is 135 Å². The molecule has 7 nitrogen and oxygen atoms in total. The molecule has 1 aliphatic heterocycles. The third-order valence-electron chi connectivity index (χ3n) is 3.69. The molecule has 2 rings (SSSR count). The van der Waals surface area contributed by atoms with Crippen LogP contribution in [0, 0.1) is 5.92 Å². The minimum Gasteiger partial charge on any atom is -0.465 e. The van der Waals surface area contributed by atoms with Gasteiger partial charge in [-0.1, -0.05) is 0 Å². The third kappa shape index (κ3) is 4.52. The van der Waals surface area contributed by atoms with Gasteiger partial charge < -0.3 is 15.4 Å². The summed E-state index contributed by atoms with van der Waals surface area (Å²) >= 11 is 0. The van der Waals surface area contributed by atoms with Gasteiger partial charge in [0.1, 0.15) is 0 Å². The molecule has 8 heteroatoms. The third-order valence-corrected chi connectivity index (χ3v) is 4.78. The summed E-state index contributed by atoms with van der Waals surface area (Å²) in [6.07, 6.45) is 2.73. The average Bonchev–Trinajstić information content (AvgIpc) is 2.53. The second-order valence-corrected chi connectivity index (χ2v) is 7.56. The standard InChI is InChI=1S/C15H20N2O5S/c1-22-15(19)11-6-12(8-13(7-11)23(2,20)21)17-14(18)10-4-3-5-16-9-10/h6-8,10,16H,3-5,9H2,1-2H3,(H,17,18). The average molecular weight is 340 g/mol. The van der Waals surface area contributed by atoms with Crippen LogP contribution >= 0.6 is 0 Å². The predicted molar refractivity (Wildman–Crippen MR) is 85.1 cm³/mol. The molecule has 1 aromatic rings. The molecule has 1 heterocycles. The maximum absolute atomic E-state index is 12.3. The summed E-state index contributed by atoms with van der Waals surface area (Å²) in [6, 6.07) is 3.99. The number of sulfone groups is 1. The highest BCUT2D eigenvalue weighted by molar-refractivity contribution is 7.90. The lowest BCUT2D eigenvalue weighted by molar-refractivity contribution is -0.120. The Balaban J connectivity index is 2.29. The van der Waals surface area contributed by atoms with Gasteiger partial charge in [-0.25, -0.2) is 13.2 Å². The zero-order valence-corrected chi connectivity index (χ0v) is 13.9. The van der Waals surface area contributed by atoms with Crippen LogP contribution in [0.2, 0.25) is 0 Å². The first-order valence-electron chi connectivity index (χ1n) is 7.26. The molecule has 1 atom stereocenters. The number of benzene rings is 1. The normalized spacial score (nSPS) is 18.3. The molecule has 0 spiro atoms. The zero-order valence-electron chi connectivity index (χ0n) is 13.1. The summed E-state index contributed by atoms with van der Waals surface area (Å²) in [5, 5.41) is 5.84. The van der Waals surface area contributed by atoms with Crippen LogP contribution in [0.25, 0.3) is 0 Å². The lowest BCUT2D eigenvalue weighted by Gasteiger charge is -2.22. The fraction of sp³-hybridized carbons (Fsp3) is 0.467. The molecule has 126 valence electrons. The molecule has 0 aliphatic carbocycles. The number of methoxy groups -OCH3 is 1. The van der Waals surface area contributed by atoms with E-state index in [4.69, 9.17) is 0 Å². The van der Waals surface area contributed by atoms with Crippen molar-refractivity contribution in [3.05, 3.63) is 23.8 Å². The number of hydrogen-bond donors (Lipinski definition) is 2. The number of hydrogen-bond acceptors (Lipinski definition) is 6. The molecule has 1 aliphatic rings. The van der Waals surface area contributed by atoms with Crippen molar-refractivity contribution in [2.45, 2.75) is 17.7 Å². The van der Waals surface area contributed by atoms with E-state index >= 15 is 0 Å². The van der Waals surface area contributed by atoms with Crippen LogP contribution in [0.5, 0.6) is 0 Å². The largest absolute Gasteiger partial charge is 0.465 e. The molecule has 1 amide bonds. The van der Waals surface area contributed by atoms with E-state index in [2.05, 4.69) is 15.4 Å². The number of carbonyl (C=O) groups excluding carboxylic acids is 2. The van der Waals surface area contributed by atoms with Crippen LogP contribution in [0.4, 0.5) is 5.69 Å². The molecule has 0 bridgehead atoms. The number of nitrogens with one attached hydrogen (secondary N) is 2. The van der Waals surface area contributed by atoms with E-state index in [0.717, 1.165) is 25.6 Å². The first-order chi connectivity index (χ1) is 10.8. The van der Waals surface area contributed by atoms with E-state index in [1.54, 1.807) is 0 Å². The maximum atomic E-state index is 12.3. The summed E-state index contributed by atoms with van der Waals surface area (Å²) in [6.45, 7) is 1.47. The zero-order chi connectivity index (χ0) is 17.0. The summed E-state index contributed by atoms with van der Waals surface area (Å²) in [5.74, 6) is -1.03. The molecule has 1 aromatic carbocycles. The minimum absolute atomic E-state index is 0.0440. The minimum atomic E-state index is -3.52. The number of carbonyl (C=O) groups is 2. The van der Waals surface area contributed by atoms with Crippen molar-refractivity contribution in [2.24, 2.45) is 5.92 Å². The number of amides is 1. The Morgan fingerprint density at radius 1 is 1.30 bits per heavy atom. The lowest BCUT2D eigenvalue weighted by Crippen LogP contribution is -2.37. The van der Waals surface area contributed by atoms with Crippen molar-refractivity contribution in [3.63, 3.8) is 0 Å². The van der Waals surface area contributed by atoms with Gasteiger partial charge in [-0.2, -0.15) is 0 Å². The monoisotopic (exact) mass is 340 g/mol. The van der Waals surface area contributed by atoms with Gasteiger partial charge in [0.25, 0.3) is 0 Å². The Bertz CT molecular complexity index is 709. The quantitative estimate of drug-likeness (QED) is 0.787. The predicted octanol–water partition coefficient (Wildman–Crippen LogP) is 0.815. The van der Waals surface area contributed by atoms with E-state index < -0.39 is 15.8 Å². The molecule has 23 heavy (non-hydrogen) atoms. The molecule has 0 saturated carbocycles. The van der Waals surface area contributed by atoms with Gasteiger partial charge in [0.15, 0.2) is 9.84 Å². The van der Waals surface area contributed by atoms with Crippen molar-refractivity contribution >= 4 is 27.4 Å². The second-order valence-electron chi connectivity index (χ2n) is 5.54. The highest BCUT2D eigenvalue weighted by Crippen LogP contribution is 2.21. The van der Waals surface area contributed by atoms with E-state index in [1.165, 1.54) is 25.3 Å². The number of anilines is 1. The lowest BCUT2D eigenvalue weighted by atomic mass is 9.99. The summed E-state index contributed by atoms with van der Waals surface area (Å²) in [7, 11) is -2.31. The highest BCUT2D eigenvalue weighted by Gasteiger charge is 2.22. The molecule has 0 aromatic heterocycles. The molecular weight excluding hydrogens is 320 g/mol. The van der Waals surface area contributed by atoms with Crippen LogP contribution in [0.1, 0.15) is 23.2 Å². The Hall–Kier alpha value is -1.93. The van der Waals surface area contributed by atoms with Crippen LogP contribution < -0.4 is 10.6 Å². The van der Waals surface area contributed by atoms with Crippen LogP contribution in [0.3, 0.4) is 0 Å². The van der Waals surface area contributed by atoms with Gasteiger partial charge in [-0.15, -0.1) is 0 Å². The Kier molecular flexibility index (Phi) is 5.38. The Morgan fingerprint density at radius 3 is 2.61 bits per heavy atom. The van der Waals surface area contributed by atoms with Gasteiger partial charge >= 0.3 is 5.97 Å². The molecule has 2 N–H and O–H groups in total. The maximum Gasteiger partial charge on any atom is 0.337 e. The fourth-order valence-corrected chi connectivity index (χ4v) is 3.12. The van der Waals surface area contributed by atoms with E-state index in [9.17, 15) is 18.0 Å². The number of ether oxygens (including phenoxy) is 1. The van der Waals surface area contributed by atoms with Crippen LogP contribution in [0.15, 0.2) is 23.1 Å². The fourth-order valence-electron chi connectivity index (χ4n) is 2.44. The molecular formula is C15H20N2O5S. The smallest absolute Gasteiger partial charge is 0.337 e. The first kappa shape index (κ1) is 17.4. The number of piperidine rings is 1. The van der Waals surface area contributed by atoms with E-state index in [-0.39, 0.29) is 28.0 Å². The van der Waals surface area contributed by atoms with Crippen molar-refractivity contribution in [1.29, 1.82) is 0 Å². The second kappa shape index (κ2) is 7.10. The van der Waals surface area contributed by atoms with E-state index in [0.29, 0.717) is 6.54 Å². The number of esters is 1. The van der Waals surface area contributed by atoms with Gasteiger partial charge in [-0.3, -0.25) is 4.79 Å². The highest BCUT2D eigenvalue weighted by atomic mass is 32.2. The van der Waals surface area contributed by atoms with Gasteiger partial charge in [0.05, 0.1) is 23.5 Å². The summed E-state index contributed by atoms with van der Waals surface area (Å²) in [5.41, 5.74) is 0.344. The molecule has 1 saturated heterocycles. The van der Waals surface area contributed by atoms with Crippen LogP contribution in [-0.4, -0.2) is 46.7 Å². The topological polar surface area (TPSA) is 102 Å². The molecule has 0 radical (unpaired) electrons. The van der Waals surface area contributed by atoms with E-state index in [1.807, 2.05) is 0 Å². The van der Waals surface area contributed by atoms with Gasteiger partial charge in [0, 0.05) is 18.5 Å². The van der Waals surface area contributed by atoms with Crippen molar-refractivity contribution < 1.29 is 22.7 Å².